The van der Waals surface area contributed by atoms with Crippen LogP contribution in [0.25, 0.3) is 11.2 Å². The predicted octanol–water partition coefficient (Wildman–Crippen LogP) is 0.321. The average Bonchev–Trinajstić information content (AvgIpc) is 2.48. The molecular weight excluding hydrogens is 180 g/mol. The molecule has 0 saturated heterocycles. The standard InChI is InChI=1S/C6H5ClN4O/c7-11-3-10-5-4(1-12)8-2-9-6(5)11/h2-3,12H,1H2. The van der Waals surface area contributed by atoms with E-state index in [0.29, 0.717) is 16.9 Å². The van der Waals surface area contributed by atoms with Crippen molar-refractivity contribution >= 4 is 22.9 Å². The lowest BCUT2D eigenvalue weighted by Gasteiger charge is -1.94. The summed E-state index contributed by atoms with van der Waals surface area (Å²) in [4.78, 5) is 11.7. The molecule has 0 aliphatic heterocycles. The molecule has 5 nitrogen and oxygen atoms in total. The Hall–Kier alpha value is -1.20. The number of hydrogen-bond donors (Lipinski definition) is 1. The zero-order valence-corrected chi connectivity index (χ0v) is 6.73. The highest BCUT2D eigenvalue weighted by molar-refractivity contribution is 6.18. The van der Waals surface area contributed by atoms with E-state index in [1.54, 1.807) is 0 Å². The minimum absolute atomic E-state index is 0.160. The van der Waals surface area contributed by atoms with Crippen LogP contribution in [0, 0.1) is 0 Å². The van der Waals surface area contributed by atoms with Gasteiger partial charge in [0.05, 0.1) is 12.3 Å². The SMILES string of the molecule is OCc1ncnc2c1ncn2Cl. The van der Waals surface area contributed by atoms with Crippen LogP contribution in [-0.4, -0.2) is 24.1 Å². The molecule has 12 heavy (non-hydrogen) atoms. The summed E-state index contributed by atoms with van der Waals surface area (Å²) in [6, 6.07) is 0. The first-order valence-corrected chi connectivity index (χ1v) is 3.60. The van der Waals surface area contributed by atoms with Gasteiger partial charge in [-0.2, -0.15) is 0 Å². The minimum atomic E-state index is -0.160. The monoisotopic (exact) mass is 184 g/mol. The molecule has 0 spiro atoms. The number of halogens is 1. The molecule has 0 unspecified atom stereocenters. The first kappa shape index (κ1) is 7.45. The number of hydrogen-bond acceptors (Lipinski definition) is 4. The number of rotatable bonds is 1. The van der Waals surface area contributed by atoms with Crippen LogP contribution in [0.1, 0.15) is 5.69 Å². The third-order valence-corrected chi connectivity index (χ3v) is 1.77. The van der Waals surface area contributed by atoms with Gasteiger partial charge in [-0.15, -0.1) is 0 Å². The Labute approximate surface area is 72.8 Å². The van der Waals surface area contributed by atoms with Gasteiger partial charge in [-0.05, 0) is 0 Å². The van der Waals surface area contributed by atoms with E-state index in [-0.39, 0.29) is 6.61 Å². The normalized spacial score (nSPS) is 10.8. The van der Waals surface area contributed by atoms with E-state index in [1.165, 1.54) is 16.7 Å². The Balaban J connectivity index is 2.81. The highest BCUT2D eigenvalue weighted by Gasteiger charge is 2.06. The van der Waals surface area contributed by atoms with Crippen molar-refractivity contribution in [1.82, 2.24) is 19.0 Å². The molecule has 0 saturated carbocycles. The van der Waals surface area contributed by atoms with E-state index >= 15 is 0 Å². The van der Waals surface area contributed by atoms with E-state index in [2.05, 4.69) is 15.0 Å². The quantitative estimate of drug-likeness (QED) is 0.694. The Morgan fingerprint density at radius 1 is 1.42 bits per heavy atom. The van der Waals surface area contributed by atoms with Gasteiger partial charge in [0.15, 0.2) is 5.65 Å². The van der Waals surface area contributed by atoms with Gasteiger partial charge in [0.25, 0.3) is 0 Å². The van der Waals surface area contributed by atoms with Crippen molar-refractivity contribution in [2.75, 3.05) is 0 Å². The summed E-state index contributed by atoms with van der Waals surface area (Å²) in [5.74, 6) is 0. The molecule has 6 heteroatoms. The van der Waals surface area contributed by atoms with Crippen molar-refractivity contribution in [3.63, 3.8) is 0 Å². The topological polar surface area (TPSA) is 63.8 Å². The summed E-state index contributed by atoms with van der Waals surface area (Å²) in [6.07, 6.45) is 2.76. The minimum Gasteiger partial charge on any atom is -0.390 e. The summed E-state index contributed by atoms with van der Waals surface area (Å²) in [6.45, 7) is -0.160. The second kappa shape index (κ2) is 2.69. The Bertz CT molecular complexity index is 413. The molecule has 62 valence electrons. The third kappa shape index (κ3) is 0.945. The molecule has 2 aromatic rings. The van der Waals surface area contributed by atoms with Gasteiger partial charge >= 0.3 is 0 Å². The maximum absolute atomic E-state index is 8.86. The largest absolute Gasteiger partial charge is 0.390 e. The van der Waals surface area contributed by atoms with Crippen LogP contribution in [0.2, 0.25) is 0 Å². The molecule has 2 heterocycles. The molecule has 0 amide bonds. The van der Waals surface area contributed by atoms with Crippen LogP contribution in [0.15, 0.2) is 12.7 Å². The number of aliphatic hydroxyl groups is 1. The Morgan fingerprint density at radius 3 is 3.00 bits per heavy atom. The summed E-state index contributed by atoms with van der Waals surface area (Å²) >= 11 is 5.68. The molecule has 2 aromatic heterocycles. The molecule has 0 fully saturated rings. The van der Waals surface area contributed by atoms with Gasteiger partial charge < -0.3 is 5.11 Å². The van der Waals surface area contributed by atoms with Gasteiger partial charge in [-0.1, -0.05) is 0 Å². The fourth-order valence-corrected chi connectivity index (χ4v) is 1.14. The fraction of sp³-hybridized carbons (Fsp3) is 0.167. The second-order valence-corrected chi connectivity index (χ2v) is 2.57. The summed E-state index contributed by atoms with van der Waals surface area (Å²) in [5.41, 5.74) is 1.53. The predicted molar refractivity (Wildman–Crippen MR) is 42.5 cm³/mol. The van der Waals surface area contributed by atoms with Crippen molar-refractivity contribution in [1.29, 1.82) is 0 Å². The van der Waals surface area contributed by atoms with Gasteiger partial charge in [0, 0.05) is 11.8 Å². The van der Waals surface area contributed by atoms with Gasteiger partial charge in [-0.3, -0.25) is 0 Å². The van der Waals surface area contributed by atoms with Crippen LogP contribution in [0.4, 0.5) is 0 Å². The van der Waals surface area contributed by atoms with Gasteiger partial charge in [0.2, 0.25) is 0 Å². The lowest BCUT2D eigenvalue weighted by molar-refractivity contribution is 0.278. The average molecular weight is 185 g/mol. The number of aromatic nitrogens is 4. The molecule has 1 N–H and O–H groups in total. The van der Waals surface area contributed by atoms with Crippen molar-refractivity contribution in [2.24, 2.45) is 0 Å². The lowest BCUT2D eigenvalue weighted by atomic mass is 10.4. The number of fused-ring (bicyclic) bond motifs is 1. The van der Waals surface area contributed by atoms with E-state index in [4.69, 9.17) is 16.9 Å². The first-order valence-electron chi connectivity index (χ1n) is 3.27. The van der Waals surface area contributed by atoms with Crippen molar-refractivity contribution in [3.05, 3.63) is 18.3 Å². The highest BCUT2D eigenvalue weighted by Crippen LogP contribution is 2.12. The molecule has 0 bridgehead atoms. The first-order chi connectivity index (χ1) is 5.83. The Morgan fingerprint density at radius 2 is 2.25 bits per heavy atom. The van der Waals surface area contributed by atoms with Crippen LogP contribution in [-0.2, 0) is 6.61 Å². The highest BCUT2D eigenvalue weighted by atomic mass is 35.5. The summed E-state index contributed by atoms with van der Waals surface area (Å²) < 4.78 is 1.26. The van der Waals surface area contributed by atoms with Crippen LogP contribution in [0.3, 0.4) is 0 Å². The number of imidazole rings is 1. The number of nitrogens with zero attached hydrogens (tertiary/aromatic N) is 4. The second-order valence-electron chi connectivity index (χ2n) is 2.21. The van der Waals surface area contributed by atoms with Crippen LogP contribution < -0.4 is 0 Å². The van der Waals surface area contributed by atoms with E-state index < -0.39 is 0 Å². The van der Waals surface area contributed by atoms with Crippen LogP contribution >= 0.6 is 11.8 Å². The lowest BCUT2D eigenvalue weighted by Crippen LogP contribution is -1.92. The maximum Gasteiger partial charge on any atom is 0.178 e. The third-order valence-electron chi connectivity index (χ3n) is 1.52. The molecule has 0 aromatic carbocycles. The van der Waals surface area contributed by atoms with E-state index in [9.17, 15) is 0 Å². The maximum atomic E-state index is 8.86. The van der Waals surface area contributed by atoms with Gasteiger partial charge in [0.1, 0.15) is 18.2 Å². The van der Waals surface area contributed by atoms with E-state index in [1.807, 2.05) is 0 Å². The molecular formula is C6H5ClN4O. The van der Waals surface area contributed by atoms with Crippen molar-refractivity contribution in [2.45, 2.75) is 6.61 Å². The zero-order valence-electron chi connectivity index (χ0n) is 5.98. The fourth-order valence-electron chi connectivity index (χ4n) is 0.972. The van der Waals surface area contributed by atoms with E-state index in [0.717, 1.165) is 0 Å². The summed E-state index contributed by atoms with van der Waals surface area (Å²) in [7, 11) is 0. The zero-order chi connectivity index (χ0) is 8.55. The van der Waals surface area contributed by atoms with Gasteiger partial charge in [-0.25, -0.2) is 19.0 Å². The summed E-state index contributed by atoms with van der Waals surface area (Å²) in [5, 5.41) is 8.86. The van der Waals surface area contributed by atoms with Crippen molar-refractivity contribution < 1.29 is 5.11 Å². The molecule has 0 aliphatic rings. The molecule has 2 rings (SSSR count). The number of aliphatic hydroxyl groups excluding tert-OH is 1. The Kier molecular flexibility index (Phi) is 1.67. The molecule has 0 radical (unpaired) electrons. The van der Waals surface area contributed by atoms with Crippen LogP contribution in [0.5, 0.6) is 0 Å². The molecule has 0 aliphatic carbocycles. The smallest absolute Gasteiger partial charge is 0.178 e. The van der Waals surface area contributed by atoms with Crippen molar-refractivity contribution in [3.8, 4) is 0 Å². The molecule has 0 atom stereocenters.